The highest BCUT2D eigenvalue weighted by Gasteiger charge is 2.08. The van der Waals surface area contributed by atoms with Crippen LogP contribution in [0.25, 0.3) is 10.9 Å². The number of fused-ring (bicyclic) bond motifs is 1. The van der Waals surface area contributed by atoms with Crippen LogP contribution in [0.3, 0.4) is 0 Å². The van der Waals surface area contributed by atoms with E-state index in [1.54, 1.807) is 12.1 Å². The average molecular weight is 430 g/mol. The molecule has 3 aromatic rings. The molecule has 0 aliphatic carbocycles. The lowest BCUT2D eigenvalue weighted by atomic mass is 10.2. The summed E-state index contributed by atoms with van der Waals surface area (Å²) in [6.07, 6.45) is 2.36. The Hall–Kier alpha value is -2.67. The summed E-state index contributed by atoms with van der Waals surface area (Å²) in [5.74, 6) is 0.562. The molecule has 0 aliphatic heterocycles. The number of nitrogens with zero attached hydrogens (tertiary/aromatic N) is 2. The van der Waals surface area contributed by atoms with E-state index in [-0.39, 0.29) is 18.0 Å². The average Bonchev–Trinajstić information content (AvgIpc) is 2.68. The third kappa shape index (κ3) is 4.95. The highest BCUT2D eigenvalue weighted by Crippen LogP contribution is 2.15. The van der Waals surface area contributed by atoms with E-state index < -0.39 is 0 Å². The van der Waals surface area contributed by atoms with Gasteiger partial charge in [-0.1, -0.05) is 35.0 Å². The lowest BCUT2D eigenvalue weighted by Crippen LogP contribution is -2.32. The Balaban J connectivity index is 1.62. The Bertz CT molecular complexity index is 1000. The quantitative estimate of drug-likeness (QED) is 0.625. The van der Waals surface area contributed by atoms with Crippen molar-refractivity contribution in [1.29, 1.82) is 0 Å². The Morgan fingerprint density at radius 2 is 2.00 bits per heavy atom. The van der Waals surface area contributed by atoms with Crippen LogP contribution in [0.4, 0.5) is 0 Å². The molecular weight excluding hydrogens is 410 g/mol. The highest BCUT2D eigenvalue weighted by atomic mass is 79.9. The predicted molar refractivity (Wildman–Crippen MR) is 108 cm³/mol. The summed E-state index contributed by atoms with van der Waals surface area (Å²) in [6.45, 7) is 3.04. The summed E-state index contributed by atoms with van der Waals surface area (Å²) in [5, 5.41) is 3.29. The van der Waals surface area contributed by atoms with Gasteiger partial charge in [0.25, 0.3) is 5.56 Å². The molecule has 1 amide bonds. The standard InChI is InChI=1S/C20H20BrN3O3/c1-2-9-27-16-6-3-14(4-7-16)11-22-19(25)12-24-13-23-18-8-5-15(21)10-17(18)20(24)26/h3-8,10,13H,2,9,11-12H2,1H3,(H,22,25). The van der Waals surface area contributed by atoms with Gasteiger partial charge in [0, 0.05) is 11.0 Å². The molecule has 0 atom stereocenters. The van der Waals surface area contributed by atoms with Crippen molar-refractivity contribution in [3.8, 4) is 5.75 Å². The fourth-order valence-electron chi connectivity index (χ4n) is 2.58. The van der Waals surface area contributed by atoms with Crippen molar-refractivity contribution in [2.75, 3.05) is 6.61 Å². The van der Waals surface area contributed by atoms with E-state index >= 15 is 0 Å². The SMILES string of the molecule is CCCOc1ccc(CNC(=O)Cn2cnc3ccc(Br)cc3c2=O)cc1. The fourth-order valence-corrected chi connectivity index (χ4v) is 2.94. The number of hydrogen-bond acceptors (Lipinski definition) is 4. The van der Waals surface area contributed by atoms with E-state index in [0.29, 0.717) is 24.1 Å². The molecule has 0 bridgehead atoms. The second kappa shape index (κ2) is 8.81. The van der Waals surface area contributed by atoms with Crippen molar-refractivity contribution in [1.82, 2.24) is 14.9 Å². The summed E-state index contributed by atoms with van der Waals surface area (Å²) < 4.78 is 7.64. The molecule has 0 saturated carbocycles. The second-order valence-electron chi connectivity index (χ2n) is 6.11. The van der Waals surface area contributed by atoms with Crippen molar-refractivity contribution in [2.45, 2.75) is 26.4 Å². The second-order valence-corrected chi connectivity index (χ2v) is 7.02. The number of amides is 1. The molecule has 6 nitrogen and oxygen atoms in total. The first kappa shape index (κ1) is 19.1. The summed E-state index contributed by atoms with van der Waals surface area (Å²) in [4.78, 5) is 29.0. The van der Waals surface area contributed by atoms with Crippen LogP contribution in [0.5, 0.6) is 5.75 Å². The molecule has 1 heterocycles. The molecule has 0 radical (unpaired) electrons. The maximum atomic E-state index is 12.5. The number of benzene rings is 2. The topological polar surface area (TPSA) is 73.2 Å². The summed E-state index contributed by atoms with van der Waals surface area (Å²) in [6, 6.07) is 12.9. The van der Waals surface area contributed by atoms with Crippen LogP contribution in [0, 0.1) is 0 Å². The molecule has 0 fully saturated rings. The number of nitrogens with one attached hydrogen (secondary N) is 1. The summed E-state index contributed by atoms with van der Waals surface area (Å²) in [7, 11) is 0. The molecular formula is C20H20BrN3O3. The van der Waals surface area contributed by atoms with Crippen molar-refractivity contribution in [3.63, 3.8) is 0 Å². The zero-order chi connectivity index (χ0) is 19.2. The first-order chi connectivity index (χ1) is 13.1. The van der Waals surface area contributed by atoms with E-state index in [2.05, 4.69) is 33.2 Å². The van der Waals surface area contributed by atoms with Gasteiger partial charge < -0.3 is 10.1 Å². The summed E-state index contributed by atoms with van der Waals surface area (Å²) in [5.41, 5.74) is 1.32. The number of halogens is 1. The monoisotopic (exact) mass is 429 g/mol. The predicted octanol–water partition coefficient (Wildman–Crippen LogP) is 3.26. The van der Waals surface area contributed by atoms with Gasteiger partial charge in [-0.05, 0) is 42.3 Å². The Morgan fingerprint density at radius 1 is 1.22 bits per heavy atom. The first-order valence-electron chi connectivity index (χ1n) is 8.70. The Morgan fingerprint density at radius 3 is 2.74 bits per heavy atom. The smallest absolute Gasteiger partial charge is 0.261 e. The molecule has 0 spiro atoms. The Labute approximate surface area is 165 Å². The van der Waals surface area contributed by atoms with Crippen molar-refractivity contribution < 1.29 is 9.53 Å². The Kier molecular flexibility index (Phi) is 6.24. The van der Waals surface area contributed by atoms with E-state index in [1.807, 2.05) is 30.3 Å². The van der Waals surface area contributed by atoms with Crippen LogP contribution < -0.4 is 15.6 Å². The minimum Gasteiger partial charge on any atom is -0.494 e. The van der Waals surface area contributed by atoms with Gasteiger partial charge in [0.2, 0.25) is 5.91 Å². The number of carbonyl (C=O) groups excluding carboxylic acids is 1. The van der Waals surface area contributed by atoms with Gasteiger partial charge in [-0.25, -0.2) is 4.98 Å². The van der Waals surface area contributed by atoms with Gasteiger partial charge in [-0.15, -0.1) is 0 Å². The normalized spacial score (nSPS) is 10.7. The van der Waals surface area contributed by atoms with Crippen molar-refractivity contribution in [3.05, 3.63) is 69.2 Å². The van der Waals surface area contributed by atoms with Gasteiger partial charge in [-0.3, -0.25) is 14.2 Å². The van der Waals surface area contributed by atoms with E-state index in [1.165, 1.54) is 10.9 Å². The van der Waals surface area contributed by atoms with E-state index in [9.17, 15) is 9.59 Å². The van der Waals surface area contributed by atoms with Crippen molar-refractivity contribution in [2.24, 2.45) is 0 Å². The number of hydrogen-bond donors (Lipinski definition) is 1. The zero-order valence-electron chi connectivity index (χ0n) is 14.9. The van der Waals surface area contributed by atoms with Gasteiger partial charge in [0.1, 0.15) is 12.3 Å². The van der Waals surface area contributed by atoms with Crippen LogP contribution >= 0.6 is 15.9 Å². The molecule has 140 valence electrons. The lowest BCUT2D eigenvalue weighted by Gasteiger charge is -2.09. The van der Waals surface area contributed by atoms with Crippen LogP contribution in [-0.4, -0.2) is 22.1 Å². The maximum absolute atomic E-state index is 12.5. The third-order valence-corrected chi connectivity index (χ3v) is 4.48. The molecule has 2 aromatic carbocycles. The lowest BCUT2D eigenvalue weighted by molar-refractivity contribution is -0.121. The molecule has 1 N–H and O–H groups in total. The largest absolute Gasteiger partial charge is 0.494 e. The molecule has 3 rings (SSSR count). The zero-order valence-corrected chi connectivity index (χ0v) is 16.5. The molecule has 0 unspecified atom stereocenters. The molecule has 7 heteroatoms. The van der Waals surface area contributed by atoms with E-state index in [0.717, 1.165) is 22.2 Å². The van der Waals surface area contributed by atoms with Crippen LogP contribution in [-0.2, 0) is 17.9 Å². The molecule has 0 saturated heterocycles. The van der Waals surface area contributed by atoms with Gasteiger partial charge in [0.05, 0.1) is 23.8 Å². The van der Waals surface area contributed by atoms with Crippen molar-refractivity contribution >= 4 is 32.7 Å². The van der Waals surface area contributed by atoms with Crippen LogP contribution in [0.15, 0.2) is 58.1 Å². The van der Waals surface area contributed by atoms with E-state index in [4.69, 9.17) is 4.74 Å². The number of ether oxygens (including phenoxy) is 1. The number of rotatable bonds is 7. The molecule has 1 aromatic heterocycles. The molecule has 27 heavy (non-hydrogen) atoms. The minimum absolute atomic E-state index is 0.0774. The number of aromatic nitrogens is 2. The molecule has 0 aliphatic rings. The van der Waals surface area contributed by atoms with Gasteiger partial charge >= 0.3 is 0 Å². The third-order valence-electron chi connectivity index (χ3n) is 3.99. The minimum atomic E-state index is -0.250. The fraction of sp³-hybridized carbons (Fsp3) is 0.250. The maximum Gasteiger partial charge on any atom is 0.261 e. The van der Waals surface area contributed by atoms with Gasteiger partial charge in [-0.2, -0.15) is 0 Å². The highest BCUT2D eigenvalue weighted by molar-refractivity contribution is 9.10. The number of carbonyl (C=O) groups is 1. The van der Waals surface area contributed by atoms with Gasteiger partial charge in [0.15, 0.2) is 0 Å². The van der Waals surface area contributed by atoms with Crippen LogP contribution in [0.1, 0.15) is 18.9 Å². The first-order valence-corrected chi connectivity index (χ1v) is 9.49. The van der Waals surface area contributed by atoms with Crippen LogP contribution in [0.2, 0.25) is 0 Å². The summed E-state index contributed by atoms with van der Waals surface area (Å²) >= 11 is 3.35.